The van der Waals surface area contributed by atoms with E-state index in [2.05, 4.69) is 36.8 Å². The van der Waals surface area contributed by atoms with Gasteiger partial charge in [-0.1, -0.05) is 68.3 Å². The first-order chi connectivity index (χ1) is 14.0. The molecule has 29 heavy (non-hydrogen) atoms. The Kier molecular flexibility index (Phi) is 4.38. The minimum Gasteiger partial charge on any atom is -0.372 e. The van der Waals surface area contributed by atoms with Gasteiger partial charge in [-0.2, -0.15) is 0 Å². The van der Waals surface area contributed by atoms with Crippen LogP contribution < -0.4 is 4.90 Å². The number of hydrogen-bond donors (Lipinski definition) is 2. The van der Waals surface area contributed by atoms with Crippen LogP contribution >= 0.6 is 31.9 Å². The molecule has 0 aliphatic carbocycles. The van der Waals surface area contributed by atoms with Gasteiger partial charge in [-0.15, -0.1) is 0 Å². The summed E-state index contributed by atoms with van der Waals surface area (Å²) in [6, 6.07) is 21.1. The van der Waals surface area contributed by atoms with Crippen LogP contribution in [0.25, 0.3) is 10.9 Å². The SMILES string of the molecule is O=C1N(Cc2ccccc2Br)c2ccc(Br)cc2[C@]1(O)c1c[nH]c2ccccc12. The van der Waals surface area contributed by atoms with Crippen molar-refractivity contribution in [3.8, 4) is 0 Å². The highest BCUT2D eigenvalue weighted by Crippen LogP contribution is 2.48. The topological polar surface area (TPSA) is 56.3 Å². The summed E-state index contributed by atoms with van der Waals surface area (Å²) in [5.41, 5.74) is 1.94. The second-order valence-electron chi connectivity index (χ2n) is 7.10. The van der Waals surface area contributed by atoms with Crippen molar-refractivity contribution in [2.45, 2.75) is 12.1 Å². The maximum atomic E-state index is 13.7. The van der Waals surface area contributed by atoms with Gasteiger partial charge in [-0.25, -0.2) is 0 Å². The lowest BCUT2D eigenvalue weighted by molar-refractivity contribution is -0.132. The van der Waals surface area contributed by atoms with E-state index in [9.17, 15) is 9.90 Å². The molecular formula is C23H16Br2N2O2. The van der Waals surface area contributed by atoms with Crippen LogP contribution in [0.3, 0.4) is 0 Å². The normalized spacial score (nSPS) is 18.4. The van der Waals surface area contributed by atoms with Gasteiger partial charge in [-0.05, 0) is 35.9 Å². The summed E-state index contributed by atoms with van der Waals surface area (Å²) in [5.74, 6) is -0.355. The summed E-state index contributed by atoms with van der Waals surface area (Å²) in [6.07, 6.45) is 1.73. The van der Waals surface area contributed by atoms with E-state index < -0.39 is 5.60 Å². The number of fused-ring (bicyclic) bond motifs is 2. The number of amides is 1. The highest BCUT2D eigenvalue weighted by molar-refractivity contribution is 9.10. The number of aromatic nitrogens is 1. The lowest BCUT2D eigenvalue weighted by Crippen LogP contribution is -2.40. The molecule has 4 aromatic rings. The fourth-order valence-corrected chi connectivity index (χ4v) is 4.81. The Morgan fingerprint density at radius 1 is 0.966 bits per heavy atom. The number of anilines is 1. The molecule has 1 atom stereocenters. The summed E-state index contributed by atoms with van der Waals surface area (Å²) in [7, 11) is 0. The van der Waals surface area contributed by atoms with E-state index in [0.717, 1.165) is 25.4 Å². The number of para-hydroxylation sites is 1. The molecule has 1 aliphatic heterocycles. The predicted octanol–water partition coefficient (Wildman–Crippen LogP) is 5.48. The number of aromatic amines is 1. The molecule has 0 saturated carbocycles. The van der Waals surface area contributed by atoms with Crippen LogP contribution in [0.2, 0.25) is 0 Å². The fourth-order valence-electron chi connectivity index (χ4n) is 4.04. The Labute approximate surface area is 184 Å². The number of carbonyl (C=O) groups is 1. The zero-order chi connectivity index (χ0) is 20.2. The number of hydrogen-bond acceptors (Lipinski definition) is 2. The summed E-state index contributed by atoms with van der Waals surface area (Å²) in [4.78, 5) is 18.5. The van der Waals surface area contributed by atoms with E-state index in [0.29, 0.717) is 23.4 Å². The van der Waals surface area contributed by atoms with Crippen LogP contribution in [-0.2, 0) is 16.9 Å². The first-order valence-electron chi connectivity index (χ1n) is 9.14. The predicted molar refractivity (Wildman–Crippen MR) is 121 cm³/mol. The first-order valence-corrected chi connectivity index (χ1v) is 10.7. The monoisotopic (exact) mass is 510 g/mol. The van der Waals surface area contributed by atoms with E-state index in [1.807, 2.05) is 66.7 Å². The van der Waals surface area contributed by atoms with Crippen LogP contribution in [0.4, 0.5) is 5.69 Å². The molecule has 0 unspecified atom stereocenters. The van der Waals surface area contributed by atoms with E-state index >= 15 is 0 Å². The molecule has 5 rings (SSSR count). The third-order valence-corrected chi connectivity index (χ3v) is 6.73. The number of H-pyrrole nitrogens is 1. The van der Waals surface area contributed by atoms with Crippen molar-refractivity contribution >= 4 is 54.4 Å². The number of benzene rings is 3. The van der Waals surface area contributed by atoms with Gasteiger partial charge in [-0.3, -0.25) is 4.79 Å². The molecule has 3 aromatic carbocycles. The maximum Gasteiger partial charge on any atom is 0.268 e. The van der Waals surface area contributed by atoms with Crippen molar-refractivity contribution in [1.82, 2.24) is 4.98 Å². The summed E-state index contributed by atoms with van der Waals surface area (Å²) < 4.78 is 1.74. The van der Waals surface area contributed by atoms with Gasteiger partial charge < -0.3 is 15.0 Å². The van der Waals surface area contributed by atoms with Crippen LogP contribution in [0.1, 0.15) is 16.7 Å². The smallest absolute Gasteiger partial charge is 0.268 e. The third kappa shape index (κ3) is 2.78. The Bertz CT molecular complexity index is 1270. The van der Waals surface area contributed by atoms with Crippen molar-refractivity contribution in [1.29, 1.82) is 0 Å². The zero-order valence-corrected chi connectivity index (χ0v) is 18.4. The Morgan fingerprint density at radius 2 is 1.72 bits per heavy atom. The van der Waals surface area contributed by atoms with Crippen LogP contribution in [0, 0.1) is 0 Å². The van der Waals surface area contributed by atoms with Gasteiger partial charge in [0.2, 0.25) is 0 Å². The summed E-state index contributed by atoms with van der Waals surface area (Å²) in [6.45, 7) is 0.361. The molecule has 6 heteroatoms. The molecule has 2 N–H and O–H groups in total. The molecule has 144 valence electrons. The van der Waals surface area contributed by atoms with Crippen molar-refractivity contribution < 1.29 is 9.90 Å². The average Bonchev–Trinajstić information content (AvgIpc) is 3.24. The number of rotatable bonds is 3. The van der Waals surface area contributed by atoms with Crippen molar-refractivity contribution in [2.75, 3.05) is 4.90 Å². The standard InChI is InChI=1S/C23H16Br2N2O2/c24-15-9-10-21-17(11-15)23(29,18-12-26-20-8-4-2-6-16(18)20)22(28)27(21)13-14-5-1-3-7-19(14)25/h1-12,26,29H,13H2/t23-/m0/s1. The minimum atomic E-state index is -1.76. The van der Waals surface area contributed by atoms with E-state index in [-0.39, 0.29) is 5.91 Å². The number of aliphatic hydroxyl groups is 1. The largest absolute Gasteiger partial charge is 0.372 e. The third-order valence-electron chi connectivity index (χ3n) is 5.46. The lowest BCUT2D eigenvalue weighted by atomic mass is 9.87. The first kappa shape index (κ1) is 18.6. The molecule has 1 aromatic heterocycles. The Morgan fingerprint density at radius 3 is 2.55 bits per heavy atom. The Hall–Kier alpha value is -2.41. The van der Waals surface area contributed by atoms with Gasteiger partial charge in [0.15, 0.2) is 5.60 Å². The average molecular weight is 512 g/mol. The van der Waals surface area contributed by atoms with E-state index in [4.69, 9.17) is 0 Å². The minimum absolute atomic E-state index is 0.355. The quantitative estimate of drug-likeness (QED) is 0.383. The van der Waals surface area contributed by atoms with Crippen molar-refractivity contribution in [3.63, 3.8) is 0 Å². The fraction of sp³-hybridized carbons (Fsp3) is 0.0870. The molecule has 1 amide bonds. The zero-order valence-electron chi connectivity index (χ0n) is 15.2. The molecular weight excluding hydrogens is 496 g/mol. The van der Waals surface area contributed by atoms with Gasteiger partial charge >= 0.3 is 0 Å². The number of nitrogens with one attached hydrogen (secondary N) is 1. The van der Waals surface area contributed by atoms with Crippen molar-refractivity contribution in [2.24, 2.45) is 0 Å². The molecule has 0 saturated heterocycles. The van der Waals surface area contributed by atoms with Gasteiger partial charge in [0.05, 0.1) is 12.2 Å². The van der Waals surface area contributed by atoms with Crippen LogP contribution in [0.5, 0.6) is 0 Å². The highest BCUT2D eigenvalue weighted by Gasteiger charge is 2.52. The molecule has 0 fully saturated rings. The maximum absolute atomic E-state index is 13.7. The second kappa shape index (κ2) is 6.83. The molecule has 0 bridgehead atoms. The summed E-state index contributed by atoms with van der Waals surface area (Å²) in [5, 5.41) is 12.7. The van der Waals surface area contributed by atoms with Gasteiger partial charge in [0, 0.05) is 37.2 Å². The molecule has 1 aliphatic rings. The number of carbonyl (C=O) groups excluding carboxylic acids is 1. The van der Waals surface area contributed by atoms with Crippen LogP contribution in [0.15, 0.2) is 81.9 Å². The molecule has 2 heterocycles. The Balaban J connectivity index is 1.70. The molecule has 0 spiro atoms. The lowest BCUT2D eigenvalue weighted by Gasteiger charge is -2.23. The number of nitrogens with zero attached hydrogens (tertiary/aromatic N) is 1. The van der Waals surface area contributed by atoms with E-state index in [1.54, 1.807) is 11.1 Å². The van der Waals surface area contributed by atoms with Crippen LogP contribution in [-0.4, -0.2) is 16.0 Å². The van der Waals surface area contributed by atoms with Crippen molar-refractivity contribution in [3.05, 3.63) is 98.6 Å². The molecule has 4 nitrogen and oxygen atoms in total. The van der Waals surface area contributed by atoms with E-state index in [1.165, 1.54) is 0 Å². The summed E-state index contributed by atoms with van der Waals surface area (Å²) >= 11 is 7.05. The highest BCUT2D eigenvalue weighted by atomic mass is 79.9. The van der Waals surface area contributed by atoms with Gasteiger partial charge in [0.1, 0.15) is 0 Å². The number of halogens is 2. The van der Waals surface area contributed by atoms with Gasteiger partial charge in [0.25, 0.3) is 5.91 Å². The molecule has 0 radical (unpaired) electrons. The second-order valence-corrected chi connectivity index (χ2v) is 8.87.